The van der Waals surface area contributed by atoms with Gasteiger partial charge in [0.15, 0.2) is 5.13 Å². The van der Waals surface area contributed by atoms with E-state index in [-0.39, 0.29) is 0 Å². The van der Waals surface area contributed by atoms with Gasteiger partial charge in [-0.25, -0.2) is 9.37 Å². The highest BCUT2D eigenvalue weighted by molar-refractivity contribution is 7.22. The average Bonchev–Trinajstić information content (AvgIpc) is 3.56. The second kappa shape index (κ2) is 11.1. The highest BCUT2D eigenvalue weighted by atomic mass is 32.1. The summed E-state index contributed by atoms with van der Waals surface area (Å²) < 4.78 is 22.6. The number of alkyl halides is 1. The molecule has 6 rings (SSSR count). The largest absolute Gasteiger partial charge is 0.457 e. The standard InChI is InChI=1S/C28H33FN6OS/c29-21-9-12-34(13-10-21)14-15-35-19-20(18-31-35)26-16-24(8-11-30-26)36-23-6-7-25-27(17-23)37-28(33-25)32-22-4-2-1-3-5-22/h6-8,11,16-19,21-22H,1-5,9-10,12-15H2,(H,32,33). The molecule has 1 saturated carbocycles. The number of piperidine rings is 1. The van der Waals surface area contributed by atoms with Gasteiger partial charge < -0.3 is 15.0 Å². The van der Waals surface area contributed by atoms with Crippen LogP contribution in [0.3, 0.4) is 0 Å². The number of hydrogen-bond donors (Lipinski definition) is 1. The minimum absolute atomic E-state index is 0.540. The summed E-state index contributed by atoms with van der Waals surface area (Å²) in [6.07, 6.45) is 12.6. The van der Waals surface area contributed by atoms with Crippen LogP contribution in [0.1, 0.15) is 44.9 Å². The first-order chi connectivity index (χ1) is 18.2. The molecule has 0 unspecified atom stereocenters. The molecule has 0 spiro atoms. The third-order valence-electron chi connectivity index (χ3n) is 7.35. The number of pyridine rings is 1. The summed E-state index contributed by atoms with van der Waals surface area (Å²) in [5.74, 6) is 1.52. The molecule has 4 aromatic rings. The summed E-state index contributed by atoms with van der Waals surface area (Å²) in [6.45, 7) is 3.30. The Morgan fingerprint density at radius 1 is 1.00 bits per heavy atom. The van der Waals surface area contributed by atoms with Crippen LogP contribution in [0.4, 0.5) is 9.52 Å². The number of aromatic nitrogens is 4. The van der Waals surface area contributed by atoms with E-state index in [1.165, 1.54) is 32.1 Å². The summed E-state index contributed by atoms with van der Waals surface area (Å²) in [4.78, 5) is 11.6. The van der Waals surface area contributed by atoms with Crippen molar-refractivity contribution in [2.24, 2.45) is 0 Å². The van der Waals surface area contributed by atoms with E-state index in [1.54, 1.807) is 17.5 Å². The van der Waals surface area contributed by atoms with Crippen molar-refractivity contribution in [3.05, 3.63) is 48.9 Å². The summed E-state index contributed by atoms with van der Waals surface area (Å²) >= 11 is 1.69. The van der Waals surface area contributed by atoms with E-state index in [9.17, 15) is 4.39 Å². The van der Waals surface area contributed by atoms with Crippen molar-refractivity contribution in [1.82, 2.24) is 24.6 Å². The molecule has 1 N–H and O–H groups in total. The number of nitrogens with one attached hydrogen (secondary N) is 1. The lowest BCUT2D eigenvalue weighted by Gasteiger charge is -2.28. The maximum absolute atomic E-state index is 13.4. The first-order valence-corrected chi connectivity index (χ1v) is 14.2. The average molecular weight is 521 g/mol. The molecule has 1 aliphatic carbocycles. The van der Waals surface area contributed by atoms with Crippen LogP contribution in [0.25, 0.3) is 21.5 Å². The second-order valence-corrected chi connectivity index (χ2v) is 11.1. The van der Waals surface area contributed by atoms with Crippen molar-refractivity contribution in [3.8, 4) is 22.8 Å². The Labute approximate surface area is 220 Å². The Balaban J connectivity index is 1.09. The van der Waals surface area contributed by atoms with Crippen molar-refractivity contribution in [2.75, 3.05) is 25.0 Å². The lowest BCUT2D eigenvalue weighted by molar-refractivity contribution is 0.146. The fraction of sp³-hybridized carbons (Fsp3) is 0.464. The fourth-order valence-electron chi connectivity index (χ4n) is 5.21. The molecule has 2 aliphatic rings. The van der Waals surface area contributed by atoms with E-state index in [4.69, 9.17) is 9.72 Å². The Morgan fingerprint density at radius 2 is 1.84 bits per heavy atom. The SMILES string of the molecule is FC1CCN(CCn2cc(-c3cc(Oc4ccc5nc(NC6CCCCC6)sc5c4)ccn3)cn2)CC1. The zero-order chi connectivity index (χ0) is 25.0. The second-order valence-electron chi connectivity index (χ2n) is 10.1. The van der Waals surface area contributed by atoms with Gasteiger partial charge in [-0.1, -0.05) is 30.6 Å². The number of benzene rings is 1. The molecule has 4 heterocycles. The van der Waals surface area contributed by atoms with Gasteiger partial charge in [-0.15, -0.1) is 0 Å². The molecule has 1 aliphatic heterocycles. The number of hydrogen-bond acceptors (Lipinski definition) is 7. The third-order valence-corrected chi connectivity index (χ3v) is 8.30. The van der Waals surface area contributed by atoms with Gasteiger partial charge in [0.1, 0.15) is 17.7 Å². The van der Waals surface area contributed by atoms with Gasteiger partial charge in [0.2, 0.25) is 0 Å². The number of fused-ring (bicyclic) bond motifs is 1. The summed E-state index contributed by atoms with van der Waals surface area (Å²) in [7, 11) is 0. The quantitative estimate of drug-likeness (QED) is 0.285. The predicted molar refractivity (Wildman–Crippen MR) is 146 cm³/mol. The molecule has 194 valence electrons. The molecule has 2 fully saturated rings. The predicted octanol–water partition coefficient (Wildman–Crippen LogP) is 6.53. The number of ether oxygens (including phenoxy) is 1. The highest BCUT2D eigenvalue weighted by Crippen LogP contribution is 2.33. The number of anilines is 1. The van der Waals surface area contributed by atoms with Crippen LogP contribution in [-0.4, -0.2) is 56.5 Å². The molecule has 3 aromatic heterocycles. The molecular weight excluding hydrogens is 487 g/mol. The Morgan fingerprint density at radius 3 is 2.70 bits per heavy atom. The van der Waals surface area contributed by atoms with Gasteiger partial charge in [0, 0.05) is 55.8 Å². The molecule has 9 heteroatoms. The monoisotopic (exact) mass is 520 g/mol. The van der Waals surface area contributed by atoms with E-state index in [0.29, 0.717) is 18.9 Å². The van der Waals surface area contributed by atoms with Crippen molar-refractivity contribution in [3.63, 3.8) is 0 Å². The Hall–Kier alpha value is -3.04. The van der Waals surface area contributed by atoms with Crippen LogP contribution in [0.5, 0.6) is 11.5 Å². The lowest BCUT2D eigenvalue weighted by Crippen LogP contribution is -2.36. The van der Waals surface area contributed by atoms with Crippen molar-refractivity contribution in [2.45, 2.75) is 63.7 Å². The zero-order valence-electron chi connectivity index (χ0n) is 21.0. The molecule has 1 saturated heterocycles. The molecule has 0 bridgehead atoms. The fourth-order valence-corrected chi connectivity index (χ4v) is 6.18. The number of thiazole rings is 1. The van der Waals surface area contributed by atoms with Crippen LogP contribution >= 0.6 is 11.3 Å². The zero-order valence-corrected chi connectivity index (χ0v) is 21.8. The molecule has 1 aromatic carbocycles. The molecule has 0 amide bonds. The number of likely N-dealkylation sites (tertiary alicyclic amines) is 1. The van der Waals surface area contributed by atoms with E-state index in [2.05, 4.69) is 26.4 Å². The lowest BCUT2D eigenvalue weighted by atomic mass is 9.96. The summed E-state index contributed by atoms with van der Waals surface area (Å²) in [5.41, 5.74) is 2.76. The van der Waals surface area contributed by atoms with E-state index in [0.717, 1.165) is 64.3 Å². The molecule has 0 radical (unpaired) electrons. The minimum atomic E-state index is -0.641. The van der Waals surface area contributed by atoms with E-state index >= 15 is 0 Å². The van der Waals surface area contributed by atoms with Gasteiger partial charge >= 0.3 is 0 Å². The first-order valence-electron chi connectivity index (χ1n) is 13.4. The van der Waals surface area contributed by atoms with Gasteiger partial charge in [-0.05, 0) is 43.9 Å². The van der Waals surface area contributed by atoms with Crippen LogP contribution in [-0.2, 0) is 6.54 Å². The normalized spacial score (nSPS) is 17.9. The molecule has 7 nitrogen and oxygen atoms in total. The summed E-state index contributed by atoms with van der Waals surface area (Å²) in [6, 6.07) is 10.4. The van der Waals surface area contributed by atoms with Crippen molar-refractivity contribution >= 4 is 26.7 Å². The van der Waals surface area contributed by atoms with Crippen LogP contribution in [0.15, 0.2) is 48.9 Å². The van der Waals surface area contributed by atoms with Gasteiger partial charge in [-0.2, -0.15) is 5.10 Å². The van der Waals surface area contributed by atoms with Gasteiger partial charge in [0.25, 0.3) is 0 Å². The number of rotatable bonds is 8. The summed E-state index contributed by atoms with van der Waals surface area (Å²) in [5, 5.41) is 9.13. The highest BCUT2D eigenvalue weighted by Gasteiger charge is 2.18. The van der Waals surface area contributed by atoms with Crippen molar-refractivity contribution < 1.29 is 9.13 Å². The minimum Gasteiger partial charge on any atom is -0.457 e. The molecule has 0 atom stereocenters. The first kappa shape index (κ1) is 24.3. The van der Waals surface area contributed by atoms with E-state index < -0.39 is 6.17 Å². The van der Waals surface area contributed by atoms with Crippen LogP contribution < -0.4 is 10.1 Å². The Bertz CT molecular complexity index is 1330. The maximum Gasteiger partial charge on any atom is 0.184 e. The van der Waals surface area contributed by atoms with Crippen molar-refractivity contribution in [1.29, 1.82) is 0 Å². The Kier molecular flexibility index (Phi) is 7.32. The maximum atomic E-state index is 13.4. The smallest absolute Gasteiger partial charge is 0.184 e. The van der Waals surface area contributed by atoms with Crippen LogP contribution in [0, 0.1) is 0 Å². The molecule has 37 heavy (non-hydrogen) atoms. The number of nitrogens with zero attached hydrogens (tertiary/aromatic N) is 5. The topological polar surface area (TPSA) is 68.1 Å². The number of halogens is 1. The van der Waals surface area contributed by atoms with E-state index in [1.807, 2.05) is 41.3 Å². The van der Waals surface area contributed by atoms with Gasteiger partial charge in [-0.3, -0.25) is 9.67 Å². The molecular formula is C28H33FN6OS. The van der Waals surface area contributed by atoms with Crippen LogP contribution in [0.2, 0.25) is 0 Å². The van der Waals surface area contributed by atoms with Gasteiger partial charge in [0.05, 0.1) is 28.7 Å². The third kappa shape index (κ3) is 6.10.